The molecule has 2 aromatic rings. The van der Waals surface area contributed by atoms with Crippen LogP contribution in [0.5, 0.6) is 5.88 Å². The van der Waals surface area contributed by atoms with Gasteiger partial charge in [-0.2, -0.15) is 4.99 Å². The van der Waals surface area contributed by atoms with E-state index >= 15 is 0 Å². The van der Waals surface area contributed by atoms with Gasteiger partial charge < -0.3 is 9.84 Å². The third-order valence-electron chi connectivity index (χ3n) is 3.80. The number of aromatic hydroxyl groups is 1. The summed E-state index contributed by atoms with van der Waals surface area (Å²) in [7, 11) is 0. The average molecular weight is 407 g/mol. The second-order valence-electron chi connectivity index (χ2n) is 6.31. The highest BCUT2D eigenvalue weighted by molar-refractivity contribution is 7.11. The van der Waals surface area contributed by atoms with E-state index in [0.717, 1.165) is 11.3 Å². The highest BCUT2D eigenvalue weighted by Crippen LogP contribution is 2.22. The van der Waals surface area contributed by atoms with Gasteiger partial charge in [0.2, 0.25) is 5.88 Å². The van der Waals surface area contributed by atoms with Crippen LogP contribution in [0.2, 0.25) is 0 Å². The Morgan fingerprint density at radius 3 is 2.50 bits per heavy atom. The van der Waals surface area contributed by atoms with Crippen molar-refractivity contribution in [2.75, 3.05) is 6.61 Å². The summed E-state index contributed by atoms with van der Waals surface area (Å²) in [6, 6.07) is 5.04. The van der Waals surface area contributed by atoms with Gasteiger partial charge in [0.25, 0.3) is 11.6 Å². The van der Waals surface area contributed by atoms with Crippen molar-refractivity contribution in [3.8, 4) is 5.88 Å². The number of amides is 1. The zero-order valence-corrected chi connectivity index (χ0v) is 16.6. The van der Waals surface area contributed by atoms with E-state index in [1.807, 2.05) is 13.8 Å². The molecule has 9 nitrogen and oxygen atoms in total. The number of carbonyl (C=O) groups excluding carboxylic acids is 2. The largest absolute Gasteiger partial charge is 0.493 e. The minimum absolute atomic E-state index is 0.0270. The molecule has 0 spiro atoms. The number of benzene rings is 1. The Kier molecular flexibility index (Phi) is 7.05. The lowest BCUT2D eigenvalue weighted by molar-refractivity contribution is -0.384. The van der Waals surface area contributed by atoms with E-state index in [1.54, 1.807) is 6.92 Å². The maximum atomic E-state index is 12.5. The van der Waals surface area contributed by atoms with E-state index in [9.17, 15) is 24.8 Å². The van der Waals surface area contributed by atoms with Gasteiger partial charge in [-0.05, 0) is 31.4 Å². The molecular formula is C18H21N3O6S. The van der Waals surface area contributed by atoms with Crippen LogP contribution in [0.3, 0.4) is 0 Å². The minimum Gasteiger partial charge on any atom is -0.493 e. The molecule has 2 rings (SSSR count). The maximum Gasteiger partial charge on any atom is 0.353 e. The first-order valence-electron chi connectivity index (χ1n) is 8.67. The SMILES string of the molecule is CCOC(=O)c1sc(=NC(=O)c2ccc([N+](=O)[O-])cc2)n(CCC(C)C)c1O. The van der Waals surface area contributed by atoms with Crippen molar-refractivity contribution in [2.24, 2.45) is 10.9 Å². The quantitative estimate of drug-likeness (QED) is 0.427. The normalized spacial score (nSPS) is 11.6. The minimum atomic E-state index is -0.687. The Labute approximate surface area is 165 Å². The van der Waals surface area contributed by atoms with Crippen molar-refractivity contribution in [1.29, 1.82) is 0 Å². The first-order chi connectivity index (χ1) is 13.2. The molecular weight excluding hydrogens is 386 g/mol. The molecule has 0 aliphatic rings. The predicted octanol–water partition coefficient (Wildman–Crippen LogP) is 3.13. The molecule has 10 heteroatoms. The van der Waals surface area contributed by atoms with Crippen LogP contribution >= 0.6 is 11.3 Å². The Bertz CT molecular complexity index is 943. The van der Waals surface area contributed by atoms with Crippen molar-refractivity contribution in [3.63, 3.8) is 0 Å². The van der Waals surface area contributed by atoms with Crippen LogP contribution in [-0.2, 0) is 11.3 Å². The molecule has 0 fully saturated rings. The highest BCUT2D eigenvalue weighted by atomic mass is 32.1. The molecule has 0 atom stereocenters. The summed E-state index contributed by atoms with van der Waals surface area (Å²) in [4.78, 5) is 38.8. The average Bonchev–Trinajstić information content (AvgIpc) is 2.95. The number of carbonyl (C=O) groups is 2. The molecule has 0 saturated heterocycles. The zero-order chi connectivity index (χ0) is 20.8. The number of nitro groups is 1. The number of ether oxygens (including phenoxy) is 1. The topological polar surface area (TPSA) is 124 Å². The van der Waals surface area contributed by atoms with Gasteiger partial charge in [0.1, 0.15) is 0 Å². The summed E-state index contributed by atoms with van der Waals surface area (Å²) in [5.74, 6) is -1.28. The van der Waals surface area contributed by atoms with Crippen molar-refractivity contribution in [1.82, 2.24) is 4.57 Å². The lowest BCUT2D eigenvalue weighted by Gasteiger charge is -2.07. The molecule has 1 aromatic heterocycles. The molecule has 150 valence electrons. The van der Waals surface area contributed by atoms with Gasteiger partial charge in [-0.1, -0.05) is 25.2 Å². The van der Waals surface area contributed by atoms with Gasteiger partial charge in [0.05, 0.1) is 11.5 Å². The second-order valence-corrected chi connectivity index (χ2v) is 7.29. The van der Waals surface area contributed by atoms with E-state index in [-0.39, 0.29) is 33.4 Å². The van der Waals surface area contributed by atoms with Gasteiger partial charge in [-0.3, -0.25) is 19.5 Å². The van der Waals surface area contributed by atoms with Gasteiger partial charge in [0.15, 0.2) is 9.68 Å². The fourth-order valence-electron chi connectivity index (χ4n) is 2.28. The van der Waals surface area contributed by atoms with Crippen molar-refractivity contribution < 1.29 is 24.4 Å². The van der Waals surface area contributed by atoms with Crippen LogP contribution in [0, 0.1) is 16.0 Å². The van der Waals surface area contributed by atoms with Crippen molar-refractivity contribution >= 4 is 28.9 Å². The number of thiazole rings is 1. The Morgan fingerprint density at radius 1 is 1.32 bits per heavy atom. The molecule has 0 bridgehead atoms. The van der Waals surface area contributed by atoms with Gasteiger partial charge in [-0.15, -0.1) is 0 Å². The summed E-state index contributed by atoms with van der Waals surface area (Å²) in [6.45, 7) is 6.19. The lowest BCUT2D eigenvalue weighted by atomic mass is 10.1. The number of esters is 1. The van der Waals surface area contributed by atoms with E-state index in [2.05, 4.69) is 4.99 Å². The molecule has 1 heterocycles. The molecule has 0 saturated carbocycles. The first-order valence-corrected chi connectivity index (χ1v) is 9.49. The first kappa shape index (κ1) is 21.3. The summed E-state index contributed by atoms with van der Waals surface area (Å²) in [5, 5.41) is 21.2. The highest BCUT2D eigenvalue weighted by Gasteiger charge is 2.21. The predicted molar refractivity (Wildman–Crippen MR) is 102 cm³/mol. The van der Waals surface area contributed by atoms with Crippen LogP contribution in [0.1, 0.15) is 47.2 Å². The number of hydrogen-bond donors (Lipinski definition) is 1. The fraction of sp³-hybridized carbons (Fsp3) is 0.389. The van der Waals surface area contributed by atoms with E-state index in [4.69, 9.17) is 4.74 Å². The summed E-state index contributed by atoms with van der Waals surface area (Å²) >= 11 is 0.860. The monoisotopic (exact) mass is 407 g/mol. The van der Waals surface area contributed by atoms with Crippen LogP contribution in [0.4, 0.5) is 5.69 Å². The van der Waals surface area contributed by atoms with Crippen LogP contribution < -0.4 is 4.80 Å². The number of non-ortho nitro benzene ring substituents is 1. The third kappa shape index (κ3) is 5.03. The molecule has 1 aromatic carbocycles. The number of nitrogens with zero attached hydrogens (tertiary/aromatic N) is 3. The second kappa shape index (κ2) is 9.27. The molecule has 1 amide bonds. The lowest BCUT2D eigenvalue weighted by Crippen LogP contribution is -2.17. The molecule has 0 radical (unpaired) electrons. The Balaban J connectivity index is 2.45. The number of rotatable bonds is 7. The van der Waals surface area contributed by atoms with Gasteiger partial charge in [0, 0.05) is 24.2 Å². The number of nitro benzene ring substituents is 1. The summed E-state index contributed by atoms with van der Waals surface area (Å²) < 4.78 is 6.34. The molecule has 28 heavy (non-hydrogen) atoms. The zero-order valence-electron chi connectivity index (χ0n) is 15.7. The van der Waals surface area contributed by atoms with Gasteiger partial charge >= 0.3 is 5.97 Å². The Hall–Kier alpha value is -3.01. The summed E-state index contributed by atoms with van der Waals surface area (Å²) in [5.41, 5.74) is 0.0218. The number of aromatic nitrogens is 1. The van der Waals surface area contributed by atoms with Gasteiger partial charge in [-0.25, -0.2) is 4.79 Å². The van der Waals surface area contributed by atoms with Crippen molar-refractivity contribution in [3.05, 3.63) is 49.6 Å². The van der Waals surface area contributed by atoms with E-state index in [1.165, 1.54) is 28.8 Å². The number of hydrogen-bond acceptors (Lipinski definition) is 7. The standard InChI is InChI=1S/C18H21N3O6S/c1-4-27-17(24)14-16(23)20(10-9-11(2)3)18(28-14)19-15(22)12-5-7-13(8-6-12)21(25)26/h5-8,11,23H,4,9-10H2,1-3H3. The van der Waals surface area contributed by atoms with Crippen molar-refractivity contribution in [2.45, 2.75) is 33.7 Å². The fourth-order valence-corrected chi connectivity index (χ4v) is 3.23. The maximum absolute atomic E-state index is 12.5. The van der Waals surface area contributed by atoms with Crippen LogP contribution in [0.25, 0.3) is 0 Å². The summed E-state index contributed by atoms with van der Waals surface area (Å²) in [6.07, 6.45) is 0.700. The Morgan fingerprint density at radius 2 is 1.96 bits per heavy atom. The van der Waals surface area contributed by atoms with Crippen LogP contribution in [0.15, 0.2) is 29.3 Å². The van der Waals surface area contributed by atoms with E-state index < -0.39 is 16.8 Å². The smallest absolute Gasteiger partial charge is 0.353 e. The molecule has 0 unspecified atom stereocenters. The van der Waals surface area contributed by atoms with E-state index in [0.29, 0.717) is 18.9 Å². The molecule has 0 aliphatic carbocycles. The van der Waals surface area contributed by atoms with Crippen LogP contribution in [-0.4, -0.2) is 33.1 Å². The molecule has 0 aliphatic heterocycles. The third-order valence-corrected chi connectivity index (χ3v) is 4.84. The molecule has 1 N–H and O–H groups in total.